The van der Waals surface area contributed by atoms with Crippen molar-refractivity contribution in [1.82, 2.24) is 0 Å². The van der Waals surface area contributed by atoms with E-state index in [0.29, 0.717) is 31.0 Å². The molecule has 4 nitrogen and oxygen atoms in total. The van der Waals surface area contributed by atoms with E-state index in [2.05, 4.69) is 33.8 Å². The quantitative estimate of drug-likeness (QED) is 0.363. The van der Waals surface area contributed by atoms with Gasteiger partial charge in [-0.25, -0.2) is 0 Å². The van der Waals surface area contributed by atoms with Crippen molar-refractivity contribution < 1.29 is 19.8 Å². The lowest BCUT2D eigenvalue weighted by Gasteiger charge is -2.29. The maximum atomic E-state index is 12.4. The zero-order valence-electron chi connectivity index (χ0n) is 17.5. The maximum absolute atomic E-state index is 12.4. The van der Waals surface area contributed by atoms with Crippen molar-refractivity contribution in [1.29, 1.82) is 0 Å². The second-order valence-electron chi connectivity index (χ2n) is 8.75. The standard InChI is InChI=1S/C23H38O4/c1-5-6-15-23(3,4)21(25)14-13-18-17(2)16-20(24)19(18)11-9-7-8-10-12-22(26)27/h7,9,13-14,17-19,21,25H,5-6,8,10-12,15-16H2,1-4H3,(H,26,27)/b9-7-,14-13+/t17-,18?,19-,21-/m1/s1. The molecule has 0 radical (unpaired) electrons. The first-order valence-corrected chi connectivity index (χ1v) is 10.4. The Kier molecular flexibility index (Phi) is 10.00. The number of carboxylic acids is 1. The predicted octanol–water partition coefficient (Wildman–Crippen LogP) is 5.16. The molecule has 1 aliphatic carbocycles. The van der Waals surface area contributed by atoms with Gasteiger partial charge in [0.25, 0.3) is 0 Å². The van der Waals surface area contributed by atoms with Gasteiger partial charge in [0.05, 0.1) is 6.10 Å². The van der Waals surface area contributed by atoms with Gasteiger partial charge in [0, 0.05) is 18.8 Å². The average Bonchev–Trinajstić information content (AvgIpc) is 2.86. The molecule has 154 valence electrons. The van der Waals surface area contributed by atoms with Crippen LogP contribution in [0.5, 0.6) is 0 Å². The Bertz CT molecular complexity index is 532. The van der Waals surface area contributed by atoms with Crippen LogP contribution in [0.25, 0.3) is 0 Å². The van der Waals surface area contributed by atoms with Crippen molar-refractivity contribution in [3.63, 3.8) is 0 Å². The molecule has 1 aliphatic rings. The van der Waals surface area contributed by atoms with Crippen LogP contribution in [-0.4, -0.2) is 28.1 Å². The number of allylic oxidation sites excluding steroid dienone is 3. The van der Waals surface area contributed by atoms with Crippen molar-refractivity contribution in [2.24, 2.45) is 23.2 Å². The molecule has 1 unspecified atom stereocenters. The summed E-state index contributed by atoms with van der Waals surface area (Å²) in [5.74, 6) is -0.0401. The van der Waals surface area contributed by atoms with Gasteiger partial charge in [0.2, 0.25) is 0 Å². The van der Waals surface area contributed by atoms with Crippen molar-refractivity contribution in [2.75, 3.05) is 0 Å². The molecule has 2 N–H and O–H groups in total. The number of ketones is 1. The van der Waals surface area contributed by atoms with E-state index in [9.17, 15) is 14.7 Å². The second kappa shape index (κ2) is 11.4. The molecule has 0 aromatic carbocycles. The van der Waals surface area contributed by atoms with Gasteiger partial charge in [0.15, 0.2) is 0 Å². The lowest BCUT2D eigenvalue weighted by molar-refractivity contribution is -0.137. The third-order valence-corrected chi connectivity index (χ3v) is 5.87. The predicted molar refractivity (Wildman–Crippen MR) is 109 cm³/mol. The summed E-state index contributed by atoms with van der Waals surface area (Å²) in [7, 11) is 0. The minimum Gasteiger partial charge on any atom is -0.481 e. The van der Waals surface area contributed by atoms with Crippen LogP contribution in [0.3, 0.4) is 0 Å². The van der Waals surface area contributed by atoms with Gasteiger partial charge in [0.1, 0.15) is 5.78 Å². The maximum Gasteiger partial charge on any atom is 0.303 e. The van der Waals surface area contributed by atoms with Crippen molar-refractivity contribution in [3.05, 3.63) is 24.3 Å². The summed E-state index contributed by atoms with van der Waals surface area (Å²) in [4.78, 5) is 22.9. The molecule has 1 saturated carbocycles. The van der Waals surface area contributed by atoms with Crippen molar-refractivity contribution in [2.45, 2.75) is 85.2 Å². The number of aliphatic hydroxyl groups is 1. The minimum absolute atomic E-state index is 0.0297. The number of hydrogen-bond acceptors (Lipinski definition) is 3. The van der Waals surface area contributed by atoms with Gasteiger partial charge in [-0.2, -0.15) is 0 Å². The number of hydrogen-bond donors (Lipinski definition) is 2. The Morgan fingerprint density at radius 1 is 1.30 bits per heavy atom. The first-order chi connectivity index (χ1) is 12.7. The highest BCUT2D eigenvalue weighted by atomic mass is 16.4. The number of Topliss-reactive ketones (excluding diaryl/α,β-unsaturated/α-hetero) is 1. The van der Waals surface area contributed by atoms with Gasteiger partial charge >= 0.3 is 5.97 Å². The fraction of sp³-hybridized carbons (Fsp3) is 0.739. The lowest BCUT2D eigenvalue weighted by atomic mass is 9.80. The van der Waals surface area contributed by atoms with Crippen LogP contribution in [0.2, 0.25) is 0 Å². The van der Waals surface area contributed by atoms with Gasteiger partial charge in [-0.15, -0.1) is 0 Å². The van der Waals surface area contributed by atoms with Crippen molar-refractivity contribution >= 4 is 11.8 Å². The van der Waals surface area contributed by atoms with Gasteiger partial charge in [-0.3, -0.25) is 9.59 Å². The number of aliphatic hydroxyl groups excluding tert-OH is 1. The number of carbonyl (C=O) groups excluding carboxylic acids is 1. The first kappa shape index (κ1) is 23.6. The smallest absolute Gasteiger partial charge is 0.303 e. The molecule has 27 heavy (non-hydrogen) atoms. The molecule has 4 heteroatoms. The van der Waals surface area contributed by atoms with Gasteiger partial charge in [-0.05, 0) is 42.9 Å². The van der Waals surface area contributed by atoms with E-state index < -0.39 is 12.1 Å². The zero-order chi connectivity index (χ0) is 20.4. The van der Waals surface area contributed by atoms with Gasteiger partial charge in [-0.1, -0.05) is 64.8 Å². The molecule has 0 saturated heterocycles. The molecule has 0 amide bonds. The Morgan fingerprint density at radius 3 is 2.63 bits per heavy atom. The Morgan fingerprint density at radius 2 is 2.00 bits per heavy atom. The summed E-state index contributed by atoms with van der Waals surface area (Å²) >= 11 is 0. The summed E-state index contributed by atoms with van der Waals surface area (Å²) in [6.45, 7) is 8.46. The molecule has 0 aliphatic heterocycles. The highest BCUT2D eigenvalue weighted by Gasteiger charge is 2.38. The van der Waals surface area contributed by atoms with E-state index in [1.807, 2.05) is 18.2 Å². The number of carbonyl (C=O) groups is 2. The normalized spacial score (nSPS) is 24.9. The summed E-state index contributed by atoms with van der Waals surface area (Å²) in [5.41, 5.74) is -0.155. The topological polar surface area (TPSA) is 74.6 Å². The summed E-state index contributed by atoms with van der Waals surface area (Å²) in [6.07, 6.45) is 13.5. The highest BCUT2D eigenvalue weighted by molar-refractivity contribution is 5.84. The molecule has 0 aromatic heterocycles. The molecular weight excluding hydrogens is 340 g/mol. The average molecular weight is 379 g/mol. The number of rotatable bonds is 12. The van der Waals surface area contributed by atoms with Crippen LogP contribution in [0.1, 0.15) is 79.1 Å². The van der Waals surface area contributed by atoms with E-state index in [-0.39, 0.29) is 23.7 Å². The second-order valence-corrected chi connectivity index (χ2v) is 8.75. The Labute approximate surface area is 164 Å². The molecule has 1 rings (SSSR count). The number of carboxylic acid groups (broad SMARTS) is 1. The van der Waals surface area contributed by atoms with Crippen LogP contribution in [0.15, 0.2) is 24.3 Å². The fourth-order valence-electron chi connectivity index (χ4n) is 3.83. The fourth-order valence-corrected chi connectivity index (χ4v) is 3.83. The van der Waals surface area contributed by atoms with Crippen LogP contribution in [0.4, 0.5) is 0 Å². The third kappa shape index (κ3) is 8.00. The van der Waals surface area contributed by atoms with E-state index in [1.165, 1.54) is 0 Å². The number of unbranched alkanes of at least 4 members (excludes halogenated alkanes) is 2. The summed E-state index contributed by atoms with van der Waals surface area (Å²) in [5, 5.41) is 19.2. The Balaban J connectivity index is 2.63. The van der Waals surface area contributed by atoms with E-state index >= 15 is 0 Å². The van der Waals surface area contributed by atoms with Crippen LogP contribution < -0.4 is 0 Å². The highest BCUT2D eigenvalue weighted by Crippen LogP contribution is 2.38. The number of aliphatic carboxylic acids is 1. The summed E-state index contributed by atoms with van der Waals surface area (Å²) < 4.78 is 0. The third-order valence-electron chi connectivity index (χ3n) is 5.87. The van der Waals surface area contributed by atoms with Crippen molar-refractivity contribution in [3.8, 4) is 0 Å². The molecule has 0 aromatic rings. The minimum atomic E-state index is -0.770. The molecule has 4 atom stereocenters. The molecule has 1 fully saturated rings. The van der Waals surface area contributed by atoms with Crippen LogP contribution in [0, 0.1) is 23.2 Å². The largest absolute Gasteiger partial charge is 0.481 e. The summed E-state index contributed by atoms with van der Waals surface area (Å²) in [6, 6.07) is 0. The van der Waals surface area contributed by atoms with E-state index in [0.717, 1.165) is 25.7 Å². The van der Waals surface area contributed by atoms with Gasteiger partial charge < -0.3 is 10.2 Å². The molecule has 0 bridgehead atoms. The molecule has 0 spiro atoms. The molecular formula is C23H38O4. The molecule has 0 heterocycles. The van der Waals surface area contributed by atoms with Crippen LogP contribution >= 0.6 is 0 Å². The monoisotopic (exact) mass is 378 g/mol. The zero-order valence-corrected chi connectivity index (χ0v) is 17.5. The lowest BCUT2D eigenvalue weighted by Crippen LogP contribution is -2.28. The SMILES string of the molecule is CCCCC(C)(C)[C@H](O)/C=C/C1[C@H](C)CC(=O)[C@@H]1C/C=C\CCCC(=O)O. The first-order valence-electron chi connectivity index (χ1n) is 10.4. The van der Waals surface area contributed by atoms with E-state index in [1.54, 1.807) is 0 Å². The van der Waals surface area contributed by atoms with Crippen LogP contribution in [-0.2, 0) is 9.59 Å². The Hall–Kier alpha value is -1.42. The van der Waals surface area contributed by atoms with E-state index in [4.69, 9.17) is 5.11 Å².